The molecule has 1 aromatic rings. The van der Waals surface area contributed by atoms with Gasteiger partial charge in [0, 0.05) is 12.7 Å². The fourth-order valence-corrected chi connectivity index (χ4v) is 2.45. The van der Waals surface area contributed by atoms with E-state index in [4.69, 9.17) is 14.2 Å². The van der Waals surface area contributed by atoms with Crippen LogP contribution in [-0.4, -0.2) is 26.3 Å². The number of methoxy groups -OCH3 is 1. The van der Waals surface area contributed by atoms with Gasteiger partial charge < -0.3 is 14.2 Å². The molecule has 0 radical (unpaired) electrons. The van der Waals surface area contributed by atoms with E-state index in [1.54, 1.807) is 7.11 Å². The topological polar surface area (TPSA) is 44.8 Å². The summed E-state index contributed by atoms with van der Waals surface area (Å²) in [5.74, 6) is 0.693. The molecule has 0 saturated heterocycles. The van der Waals surface area contributed by atoms with Crippen molar-refractivity contribution in [1.82, 2.24) is 0 Å². The SMILES string of the molecule is CCCc1cc(C)cc(COC)c1OCCOC(=O)C(C)(C)CC. The standard InChI is InChI=1S/C20H32O4/c1-7-9-16-12-15(3)13-17(14-22-6)18(16)23-10-11-24-19(21)20(4,5)8-2/h12-13H,7-11,14H2,1-6H3. The minimum atomic E-state index is -0.446. The predicted molar refractivity (Wildman–Crippen MR) is 96.4 cm³/mol. The first kappa shape index (κ1) is 20.5. The molecule has 0 bridgehead atoms. The van der Waals surface area contributed by atoms with Crippen LogP contribution in [-0.2, 0) is 27.3 Å². The number of benzene rings is 1. The molecule has 24 heavy (non-hydrogen) atoms. The van der Waals surface area contributed by atoms with Gasteiger partial charge >= 0.3 is 5.97 Å². The number of aryl methyl sites for hydroxylation is 2. The predicted octanol–water partition coefficient (Wildman–Crippen LogP) is 4.45. The third-order valence-corrected chi connectivity index (χ3v) is 4.21. The highest BCUT2D eigenvalue weighted by Gasteiger charge is 2.26. The van der Waals surface area contributed by atoms with Gasteiger partial charge in [-0.2, -0.15) is 0 Å². The number of carbonyl (C=O) groups is 1. The van der Waals surface area contributed by atoms with Gasteiger partial charge in [-0.25, -0.2) is 0 Å². The van der Waals surface area contributed by atoms with Crippen molar-refractivity contribution >= 4 is 5.97 Å². The lowest BCUT2D eigenvalue weighted by molar-refractivity contribution is -0.154. The van der Waals surface area contributed by atoms with E-state index in [2.05, 4.69) is 26.0 Å². The second-order valence-electron chi connectivity index (χ2n) is 6.82. The van der Waals surface area contributed by atoms with Crippen LogP contribution in [0.2, 0.25) is 0 Å². The smallest absolute Gasteiger partial charge is 0.311 e. The molecule has 0 aliphatic rings. The van der Waals surface area contributed by atoms with Crippen LogP contribution in [0.25, 0.3) is 0 Å². The highest BCUT2D eigenvalue weighted by atomic mass is 16.6. The highest BCUT2D eigenvalue weighted by molar-refractivity contribution is 5.75. The molecule has 0 unspecified atom stereocenters. The van der Waals surface area contributed by atoms with Gasteiger partial charge in [0.05, 0.1) is 12.0 Å². The molecule has 0 N–H and O–H groups in total. The van der Waals surface area contributed by atoms with E-state index < -0.39 is 5.41 Å². The zero-order valence-electron chi connectivity index (χ0n) is 16.0. The first-order chi connectivity index (χ1) is 11.4. The molecule has 0 fully saturated rings. The average Bonchev–Trinajstić information content (AvgIpc) is 2.53. The fourth-order valence-electron chi connectivity index (χ4n) is 2.45. The Morgan fingerprint density at radius 2 is 1.79 bits per heavy atom. The lowest BCUT2D eigenvalue weighted by Gasteiger charge is -2.21. The Labute approximate surface area is 146 Å². The second kappa shape index (κ2) is 9.67. The molecule has 0 amide bonds. The van der Waals surface area contributed by atoms with Crippen molar-refractivity contribution in [1.29, 1.82) is 0 Å². The molecular weight excluding hydrogens is 304 g/mol. The van der Waals surface area contributed by atoms with Crippen molar-refractivity contribution in [2.75, 3.05) is 20.3 Å². The van der Waals surface area contributed by atoms with E-state index in [1.165, 1.54) is 11.1 Å². The molecule has 4 nitrogen and oxygen atoms in total. The Morgan fingerprint density at radius 3 is 2.38 bits per heavy atom. The average molecular weight is 336 g/mol. The molecule has 0 aliphatic heterocycles. The Bertz CT molecular complexity index is 507. The largest absolute Gasteiger partial charge is 0.489 e. The first-order valence-corrected chi connectivity index (χ1v) is 8.77. The van der Waals surface area contributed by atoms with Gasteiger partial charge in [-0.3, -0.25) is 4.79 Å². The summed E-state index contributed by atoms with van der Waals surface area (Å²) in [5, 5.41) is 0. The fraction of sp³-hybridized carbons (Fsp3) is 0.650. The van der Waals surface area contributed by atoms with Crippen molar-refractivity contribution in [3.63, 3.8) is 0 Å². The van der Waals surface area contributed by atoms with Gasteiger partial charge in [0.1, 0.15) is 19.0 Å². The maximum absolute atomic E-state index is 12.0. The summed E-state index contributed by atoms with van der Waals surface area (Å²) in [6, 6.07) is 4.24. The molecule has 1 aromatic carbocycles. The van der Waals surface area contributed by atoms with E-state index in [0.29, 0.717) is 13.2 Å². The van der Waals surface area contributed by atoms with Gasteiger partial charge in [0.15, 0.2) is 0 Å². The zero-order valence-corrected chi connectivity index (χ0v) is 16.0. The number of rotatable bonds is 10. The Hall–Kier alpha value is -1.55. The third kappa shape index (κ3) is 5.82. The van der Waals surface area contributed by atoms with E-state index in [9.17, 15) is 4.79 Å². The molecule has 0 heterocycles. The first-order valence-electron chi connectivity index (χ1n) is 8.77. The summed E-state index contributed by atoms with van der Waals surface area (Å²) in [5.41, 5.74) is 2.98. The molecular formula is C20H32O4. The zero-order chi connectivity index (χ0) is 18.2. The van der Waals surface area contributed by atoms with Crippen molar-refractivity contribution in [2.24, 2.45) is 5.41 Å². The summed E-state index contributed by atoms with van der Waals surface area (Å²) in [4.78, 5) is 12.0. The monoisotopic (exact) mass is 336 g/mol. The summed E-state index contributed by atoms with van der Waals surface area (Å²) in [6.45, 7) is 11.1. The Kier molecular flexibility index (Phi) is 8.26. The molecule has 0 atom stereocenters. The van der Waals surface area contributed by atoms with Crippen LogP contribution in [0.5, 0.6) is 5.75 Å². The van der Waals surface area contributed by atoms with E-state index in [1.807, 2.05) is 20.8 Å². The second-order valence-corrected chi connectivity index (χ2v) is 6.82. The lowest BCUT2D eigenvalue weighted by atomic mass is 9.91. The molecule has 4 heteroatoms. The maximum Gasteiger partial charge on any atom is 0.311 e. The lowest BCUT2D eigenvalue weighted by Crippen LogP contribution is -2.27. The van der Waals surface area contributed by atoms with Crippen LogP contribution in [0.1, 0.15) is 57.2 Å². The quantitative estimate of drug-likeness (QED) is 0.468. The Balaban J connectivity index is 2.74. The van der Waals surface area contributed by atoms with Crippen molar-refractivity contribution < 1.29 is 19.0 Å². The summed E-state index contributed by atoms with van der Waals surface area (Å²) in [6.07, 6.45) is 2.76. The summed E-state index contributed by atoms with van der Waals surface area (Å²) < 4.78 is 16.6. The molecule has 0 saturated carbocycles. The van der Waals surface area contributed by atoms with Crippen LogP contribution in [0.4, 0.5) is 0 Å². The third-order valence-electron chi connectivity index (χ3n) is 4.21. The van der Waals surface area contributed by atoms with E-state index in [0.717, 1.165) is 30.6 Å². The summed E-state index contributed by atoms with van der Waals surface area (Å²) in [7, 11) is 1.68. The highest BCUT2D eigenvalue weighted by Crippen LogP contribution is 2.28. The van der Waals surface area contributed by atoms with Gasteiger partial charge in [-0.1, -0.05) is 38.0 Å². The van der Waals surface area contributed by atoms with Gasteiger partial charge in [-0.15, -0.1) is 0 Å². The van der Waals surface area contributed by atoms with Gasteiger partial charge in [0.2, 0.25) is 0 Å². The number of hydrogen-bond donors (Lipinski definition) is 0. The number of carbonyl (C=O) groups excluding carboxylic acids is 1. The van der Waals surface area contributed by atoms with Crippen LogP contribution in [0, 0.1) is 12.3 Å². The normalized spacial score (nSPS) is 11.4. The number of esters is 1. The van der Waals surface area contributed by atoms with Crippen LogP contribution < -0.4 is 4.74 Å². The number of hydrogen-bond acceptors (Lipinski definition) is 4. The van der Waals surface area contributed by atoms with Crippen molar-refractivity contribution in [3.05, 3.63) is 28.8 Å². The van der Waals surface area contributed by atoms with Crippen LogP contribution in [0.3, 0.4) is 0 Å². The van der Waals surface area contributed by atoms with Crippen molar-refractivity contribution in [2.45, 2.75) is 60.5 Å². The van der Waals surface area contributed by atoms with Crippen LogP contribution >= 0.6 is 0 Å². The minimum Gasteiger partial charge on any atom is -0.489 e. The molecule has 0 aliphatic carbocycles. The van der Waals surface area contributed by atoms with Gasteiger partial charge in [0.25, 0.3) is 0 Å². The van der Waals surface area contributed by atoms with E-state index in [-0.39, 0.29) is 12.6 Å². The molecule has 136 valence electrons. The molecule has 0 aromatic heterocycles. The van der Waals surface area contributed by atoms with Crippen LogP contribution in [0.15, 0.2) is 12.1 Å². The van der Waals surface area contributed by atoms with E-state index >= 15 is 0 Å². The number of ether oxygens (including phenoxy) is 3. The molecule has 0 spiro atoms. The molecule has 1 rings (SSSR count). The summed E-state index contributed by atoms with van der Waals surface area (Å²) >= 11 is 0. The van der Waals surface area contributed by atoms with Gasteiger partial charge in [-0.05, 0) is 39.2 Å². The maximum atomic E-state index is 12.0. The Morgan fingerprint density at radius 1 is 1.12 bits per heavy atom. The van der Waals surface area contributed by atoms with Crippen molar-refractivity contribution in [3.8, 4) is 5.75 Å². The minimum absolute atomic E-state index is 0.177.